The molecule has 0 fully saturated rings. The molecular formula is C9H9ClN2OS. The number of aromatic nitrogens is 2. The molecule has 0 radical (unpaired) electrons. The van der Waals surface area contributed by atoms with Crippen molar-refractivity contribution < 1.29 is 4.74 Å². The molecule has 0 saturated carbocycles. The summed E-state index contributed by atoms with van der Waals surface area (Å²) in [6.07, 6.45) is 0.952. The maximum absolute atomic E-state index is 5.76. The molecule has 2 heterocycles. The van der Waals surface area contributed by atoms with Crippen molar-refractivity contribution in [1.82, 2.24) is 9.97 Å². The minimum absolute atomic E-state index is 0.242. The summed E-state index contributed by atoms with van der Waals surface area (Å²) in [6.45, 7) is 2.70. The van der Waals surface area contributed by atoms with E-state index in [2.05, 4.69) is 9.97 Å². The molecule has 0 bridgehead atoms. The molecule has 0 aliphatic heterocycles. The number of hydrogen-bond donors (Lipinski definition) is 0. The lowest BCUT2D eigenvalue weighted by molar-refractivity contribution is 0.309. The fraction of sp³-hybridized carbons (Fsp3) is 0.333. The van der Waals surface area contributed by atoms with Crippen molar-refractivity contribution >= 4 is 33.2 Å². The molecule has 0 N–H and O–H groups in total. The summed E-state index contributed by atoms with van der Waals surface area (Å²) < 4.78 is 5.48. The first kappa shape index (κ1) is 9.68. The monoisotopic (exact) mass is 228 g/mol. The first-order valence-electron chi connectivity index (χ1n) is 4.35. The van der Waals surface area contributed by atoms with E-state index < -0.39 is 0 Å². The first-order chi connectivity index (χ1) is 6.81. The zero-order valence-electron chi connectivity index (χ0n) is 7.66. The Kier molecular flexibility index (Phi) is 2.84. The van der Waals surface area contributed by atoms with Gasteiger partial charge in [-0.1, -0.05) is 6.92 Å². The maximum atomic E-state index is 5.76. The molecule has 14 heavy (non-hydrogen) atoms. The molecule has 0 amide bonds. The van der Waals surface area contributed by atoms with Crippen LogP contribution in [-0.2, 0) is 0 Å². The lowest BCUT2D eigenvalue weighted by Crippen LogP contribution is -1.98. The fourth-order valence-electron chi connectivity index (χ4n) is 1.11. The van der Waals surface area contributed by atoms with Crippen LogP contribution in [0.3, 0.4) is 0 Å². The second-order valence-electron chi connectivity index (χ2n) is 2.79. The van der Waals surface area contributed by atoms with Gasteiger partial charge >= 0.3 is 0 Å². The summed E-state index contributed by atoms with van der Waals surface area (Å²) >= 11 is 7.30. The number of thiophene rings is 1. The molecule has 0 atom stereocenters. The summed E-state index contributed by atoms with van der Waals surface area (Å²) in [5, 5.41) is 3.13. The zero-order valence-corrected chi connectivity index (χ0v) is 9.23. The van der Waals surface area contributed by atoms with Crippen LogP contribution >= 0.6 is 22.9 Å². The molecule has 0 spiro atoms. The van der Waals surface area contributed by atoms with Crippen molar-refractivity contribution in [3.05, 3.63) is 16.7 Å². The number of rotatable bonds is 3. The standard InChI is InChI=1S/C9H9ClN2OS/c1-2-4-13-7-6-3-5-14-8(6)12-9(10)11-7/h3,5H,2,4H2,1H3. The average Bonchev–Trinajstić information content (AvgIpc) is 2.61. The Hall–Kier alpha value is -0.870. The molecule has 2 aromatic heterocycles. The van der Waals surface area contributed by atoms with Gasteiger partial charge in [0.2, 0.25) is 11.2 Å². The van der Waals surface area contributed by atoms with Crippen molar-refractivity contribution in [3.8, 4) is 5.88 Å². The molecule has 0 aromatic carbocycles. The summed E-state index contributed by atoms with van der Waals surface area (Å²) in [6, 6.07) is 1.95. The van der Waals surface area contributed by atoms with Gasteiger partial charge in [-0.2, -0.15) is 4.98 Å². The summed E-state index contributed by atoms with van der Waals surface area (Å²) in [5.74, 6) is 0.586. The van der Waals surface area contributed by atoms with E-state index >= 15 is 0 Å². The van der Waals surface area contributed by atoms with Crippen LogP contribution < -0.4 is 4.74 Å². The highest BCUT2D eigenvalue weighted by Crippen LogP contribution is 2.27. The lowest BCUT2D eigenvalue weighted by atomic mass is 10.4. The minimum Gasteiger partial charge on any atom is -0.477 e. The van der Waals surface area contributed by atoms with Crippen LogP contribution in [0, 0.1) is 0 Å². The normalized spacial score (nSPS) is 10.7. The van der Waals surface area contributed by atoms with Gasteiger partial charge in [0.15, 0.2) is 0 Å². The Morgan fingerprint density at radius 3 is 3.14 bits per heavy atom. The van der Waals surface area contributed by atoms with Gasteiger partial charge < -0.3 is 4.74 Å². The average molecular weight is 229 g/mol. The Bertz CT molecular complexity index is 443. The van der Waals surface area contributed by atoms with E-state index in [9.17, 15) is 0 Å². The molecule has 5 heteroatoms. The zero-order chi connectivity index (χ0) is 9.97. The van der Waals surface area contributed by atoms with E-state index in [0.717, 1.165) is 16.6 Å². The van der Waals surface area contributed by atoms with Gasteiger partial charge in [-0.3, -0.25) is 0 Å². The van der Waals surface area contributed by atoms with Crippen LogP contribution in [0.4, 0.5) is 0 Å². The van der Waals surface area contributed by atoms with Crippen LogP contribution in [0.15, 0.2) is 11.4 Å². The predicted molar refractivity (Wildman–Crippen MR) is 58.2 cm³/mol. The van der Waals surface area contributed by atoms with Crippen molar-refractivity contribution in [1.29, 1.82) is 0 Å². The third-order valence-electron chi connectivity index (χ3n) is 1.71. The van der Waals surface area contributed by atoms with Gasteiger partial charge in [0, 0.05) is 0 Å². The first-order valence-corrected chi connectivity index (χ1v) is 5.60. The Morgan fingerprint density at radius 2 is 2.36 bits per heavy atom. The highest BCUT2D eigenvalue weighted by molar-refractivity contribution is 7.16. The molecule has 0 aliphatic carbocycles. The second kappa shape index (κ2) is 4.11. The lowest BCUT2D eigenvalue weighted by Gasteiger charge is -2.04. The molecule has 2 aromatic rings. The topological polar surface area (TPSA) is 35.0 Å². The van der Waals surface area contributed by atoms with E-state index in [-0.39, 0.29) is 5.28 Å². The van der Waals surface area contributed by atoms with Crippen molar-refractivity contribution in [3.63, 3.8) is 0 Å². The Labute approximate surface area is 90.7 Å². The van der Waals surface area contributed by atoms with Crippen LogP contribution in [0.25, 0.3) is 10.2 Å². The number of ether oxygens (including phenoxy) is 1. The third kappa shape index (κ3) is 1.81. The van der Waals surface area contributed by atoms with Crippen LogP contribution in [0.1, 0.15) is 13.3 Å². The largest absolute Gasteiger partial charge is 0.477 e. The van der Waals surface area contributed by atoms with Crippen LogP contribution in [0.5, 0.6) is 5.88 Å². The van der Waals surface area contributed by atoms with Crippen molar-refractivity contribution in [2.45, 2.75) is 13.3 Å². The minimum atomic E-state index is 0.242. The van der Waals surface area contributed by atoms with E-state index in [4.69, 9.17) is 16.3 Å². The summed E-state index contributed by atoms with van der Waals surface area (Å²) in [7, 11) is 0. The molecule has 0 unspecified atom stereocenters. The molecule has 74 valence electrons. The third-order valence-corrected chi connectivity index (χ3v) is 2.68. The molecule has 0 saturated heterocycles. The highest BCUT2D eigenvalue weighted by atomic mass is 35.5. The molecule has 3 nitrogen and oxygen atoms in total. The van der Waals surface area contributed by atoms with Crippen molar-refractivity contribution in [2.24, 2.45) is 0 Å². The SMILES string of the molecule is CCCOc1nc(Cl)nc2sccc12. The van der Waals surface area contributed by atoms with Crippen LogP contribution in [0.2, 0.25) is 5.28 Å². The van der Waals surface area contributed by atoms with E-state index in [1.165, 1.54) is 11.3 Å². The van der Waals surface area contributed by atoms with E-state index in [1.54, 1.807) is 0 Å². The van der Waals surface area contributed by atoms with E-state index in [0.29, 0.717) is 12.5 Å². The quantitative estimate of drug-likeness (QED) is 0.757. The predicted octanol–water partition coefficient (Wildman–Crippen LogP) is 3.13. The van der Waals surface area contributed by atoms with Gasteiger partial charge in [-0.15, -0.1) is 11.3 Å². The highest BCUT2D eigenvalue weighted by Gasteiger charge is 2.08. The maximum Gasteiger partial charge on any atom is 0.227 e. The fourth-order valence-corrected chi connectivity index (χ4v) is 2.08. The van der Waals surface area contributed by atoms with Crippen LogP contribution in [-0.4, -0.2) is 16.6 Å². The number of hydrogen-bond acceptors (Lipinski definition) is 4. The summed E-state index contributed by atoms with van der Waals surface area (Å²) in [4.78, 5) is 9.02. The smallest absolute Gasteiger partial charge is 0.227 e. The Morgan fingerprint density at radius 1 is 1.50 bits per heavy atom. The van der Waals surface area contributed by atoms with Gasteiger partial charge in [-0.25, -0.2) is 4.98 Å². The Balaban J connectivity index is 2.44. The van der Waals surface area contributed by atoms with Gasteiger partial charge in [0.25, 0.3) is 0 Å². The molecule has 0 aliphatic rings. The van der Waals surface area contributed by atoms with Gasteiger partial charge in [0.1, 0.15) is 4.83 Å². The van der Waals surface area contributed by atoms with Gasteiger partial charge in [-0.05, 0) is 29.5 Å². The molecular weight excluding hydrogens is 220 g/mol. The second-order valence-corrected chi connectivity index (χ2v) is 4.02. The number of nitrogens with zero attached hydrogens (tertiary/aromatic N) is 2. The van der Waals surface area contributed by atoms with E-state index in [1.807, 2.05) is 18.4 Å². The van der Waals surface area contributed by atoms with Gasteiger partial charge in [0.05, 0.1) is 12.0 Å². The number of halogens is 1. The number of fused-ring (bicyclic) bond motifs is 1. The summed E-state index contributed by atoms with van der Waals surface area (Å²) in [5.41, 5.74) is 0. The molecule has 2 rings (SSSR count). The van der Waals surface area contributed by atoms with Crippen molar-refractivity contribution in [2.75, 3.05) is 6.61 Å².